The van der Waals surface area contributed by atoms with Gasteiger partial charge < -0.3 is 5.32 Å². The molecule has 1 saturated heterocycles. The Bertz CT molecular complexity index is 923. The van der Waals surface area contributed by atoms with Crippen LogP contribution in [-0.2, 0) is 19.6 Å². The fraction of sp³-hybridized carbons (Fsp3) is 0.636. The molecule has 2 atom stereocenters. The number of piperazine rings is 1. The van der Waals surface area contributed by atoms with Gasteiger partial charge in [0.1, 0.15) is 5.78 Å². The molecule has 2 unspecified atom stereocenters. The van der Waals surface area contributed by atoms with Gasteiger partial charge >= 0.3 is 0 Å². The van der Waals surface area contributed by atoms with Crippen molar-refractivity contribution in [2.45, 2.75) is 33.1 Å². The van der Waals surface area contributed by atoms with Crippen molar-refractivity contribution < 1.29 is 18.0 Å². The monoisotopic (exact) mass is 433 g/mol. The van der Waals surface area contributed by atoms with Crippen LogP contribution >= 0.6 is 0 Å². The van der Waals surface area contributed by atoms with Crippen LogP contribution in [0.25, 0.3) is 0 Å². The van der Waals surface area contributed by atoms with E-state index in [2.05, 4.69) is 19.2 Å². The fourth-order valence-corrected chi connectivity index (χ4v) is 7.80. The zero-order chi connectivity index (χ0) is 21.6. The van der Waals surface area contributed by atoms with Crippen LogP contribution in [0.3, 0.4) is 0 Å². The number of nitrogens with zero attached hydrogens (tertiary/aromatic N) is 2. The van der Waals surface area contributed by atoms with E-state index in [0.717, 1.165) is 12.1 Å². The lowest BCUT2D eigenvalue weighted by Crippen LogP contribution is -2.53. The summed E-state index contributed by atoms with van der Waals surface area (Å²) in [6.45, 7) is 6.09. The Labute approximate surface area is 178 Å². The number of anilines is 1. The summed E-state index contributed by atoms with van der Waals surface area (Å²) in [5.74, 6) is 0.256. The van der Waals surface area contributed by atoms with E-state index in [0.29, 0.717) is 44.9 Å². The van der Waals surface area contributed by atoms with E-state index in [1.54, 1.807) is 0 Å². The second kappa shape index (κ2) is 7.73. The summed E-state index contributed by atoms with van der Waals surface area (Å²) in [5.41, 5.74) is -0.237. The second-order valence-electron chi connectivity index (χ2n) is 9.51. The molecule has 8 heteroatoms. The molecule has 4 rings (SSSR count). The van der Waals surface area contributed by atoms with Crippen LogP contribution in [0.4, 0.5) is 5.69 Å². The number of amides is 1. The van der Waals surface area contributed by atoms with Gasteiger partial charge in [-0.1, -0.05) is 32.0 Å². The zero-order valence-corrected chi connectivity index (χ0v) is 18.6. The van der Waals surface area contributed by atoms with Gasteiger partial charge in [0.25, 0.3) is 0 Å². The molecule has 0 aromatic heterocycles. The van der Waals surface area contributed by atoms with Crippen molar-refractivity contribution >= 4 is 27.4 Å². The molecule has 7 nitrogen and oxygen atoms in total. The number of carbonyl (C=O) groups excluding carboxylic acids is 2. The molecule has 2 bridgehead atoms. The molecule has 1 N–H and O–H groups in total. The molecule has 2 saturated carbocycles. The van der Waals surface area contributed by atoms with Crippen LogP contribution in [0.2, 0.25) is 0 Å². The number of hydrogen-bond donors (Lipinski definition) is 1. The normalized spacial score (nSPS) is 29.3. The molecule has 1 aromatic carbocycles. The quantitative estimate of drug-likeness (QED) is 0.741. The topological polar surface area (TPSA) is 86.8 Å². The lowest BCUT2D eigenvalue weighted by Gasteiger charge is -2.39. The van der Waals surface area contributed by atoms with E-state index in [9.17, 15) is 18.0 Å². The summed E-state index contributed by atoms with van der Waals surface area (Å²) >= 11 is 0. The Morgan fingerprint density at radius 1 is 1.13 bits per heavy atom. The van der Waals surface area contributed by atoms with Gasteiger partial charge in [0.15, 0.2) is 0 Å². The highest BCUT2D eigenvalue weighted by Gasteiger charge is 2.65. The third kappa shape index (κ3) is 3.69. The molecule has 1 amide bonds. The predicted octanol–water partition coefficient (Wildman–Crippen LogP) is 1.97. The molecular weight excluding hydrogens is 402 g/mol. The van der Waals surface area contributed by atoms with Crippen molar-refractivity contribution in [2.24, 2.45) is 16.7 Å². The van der Waals surface area contributed by atoms with Crippen LogP contribution in [0.15, 0.2) is 30.3 Å². The van der Waals surface area contributed by atoms with E-state index in [4.69, 9.17) is 0 Å². The number of rotatable bonds is 6. The Morgan fingerprint density at radius 2 is 1.80 bits per heavy atom. The second-order valence-corrected chi connectivity index (χ2v) is 11.5. The Morgan fingerprint density at radius 3 is 2.37 bits per heavy atom. The van der Waals surface area contributed by atoms with Gasteiger partial charge in [-0.05, 0) is 36.3 Å². The zero-order valence-electron chi connectivity index (χ0n) is 17.8. The summed E-state index contributed by atoms with van der Waals surface area (Å²) < 4.78 is 27.9. The van der Waals surface area contributed by atoms with Gasteiger partial charge in [0.05, 0.1) is 12.3 Å². The average molecular weight is 434 g/mol. The molecule has 3 fully saturated rings. The number of carbonyl (C=O) groups is 2. The summed E-state index contributed by atoms with van der Waals surface area (Å²) in [5, 5.41) is 2.86. The number of para-hydroxylation sites is 1. The summed E-state index contributed by atoms with van der Waals surface area (Å²) in [7, 11) is -3.53. The molecule has 2 aliphatic carbocycles. The van der Waals surface area contributed by atoms with Gasteiger partial charge in [-0.15, -0.1) is 0 Å². The average Bonchev–Trinajstić information content (AvgIpc) is 3.03. The number of sulfonamides is 1. The van der Waals surface area contributed by atoms with Gasteiger partial charge in [0, 0.05) is 43.7 Å². The molecule has 1 heterocycles. The van der Waals surface area contributed by atoms with Crippen molar-refractivity contribution in [3.63, 3.8) is 0 Å². The van der Waals surface area contributed by atoms with Crippen molar-refractivity contribution in [3.05, 3.63) is 30.3 Å². The third-order valence-electron chi connectivity index (χ3n) is 7.72. The third-order valence-corrected chi connectivity index (χ3v) is 9.73. The first-order valence-electron chi connectivity index (χ1n) is 10.7. The molecule has 30 heavy (non-hydrogen) atoms. The molecule has 164 valence electrons. The molecule has 1 aromatic rings. The summed E-state index contributed by atoms with van der Waals surface area (Å²) in [6.07, 6.45) is 2.15. The van der Waals surface area contributed by atoms with Gasteiger partial charge in [-0.2, -0.15) is 4.31 Å². The maximum Gasteiger partial charge on any atom is 0.238 e. The molecule has 1 aliphatic heterocycles. The lowest BCUT2D eigenvalue weighted by molar-refractivity contribution is -0.128. The minimum atomic E-state index is -3.53. The molecule has 0 radical (unpaired) electrons. The maximum atomic E-state index is 13.2. The molecular formula is C22H31N3O4S. The molecule has 3 aliphatic rings. The minimum Gasteiger partial charge on any atom is -0.325 e. The first-order valence-corrected chi connectivity index (χ1v) is 12.3. The van der Waals surface area contributed by atoms with E-state index in [1.165, 1.54) is 4.31 Å². The Hall–Kier alpha value is -1.77. The van der Waals surface area contributed by atoms with Crippen molar-refractivity contribution in [3.8, 4) is 0 Å². The van der Waals surface area contributed by atoms with Gasteiger partial charge in [-0.25, -0.2) is 8.42 Å². The SMILES string of the molecule is CC1(C)C2CCC1(CS(=O)(=O)N1CCN(CC(=O)Nc3ccccc3)CC1)C(=O)C2. The first-order chi connectivity index (χ1) is 14.1. The number of fused-ring (bicyclic) bond motifs is 2. The van der Waals surface area contributed by atoms with Crippen LogP contribution in [0.5, 0.6) is 0 Å². The fourth-order valence-electron chi connectivity index (χ4n) is 5.60. The van der Waals surface area contributed by atoms with E-state index >= 15 is 0 Å². The number of ketones is 1. The first kappa shape index (κ1) is 21.5. The molecule has 0 spiro atoms. The number of nitrogens with one attached hydrogen (secondary N) is 1. The van der Waals surface area contributed by atoms with Crippen LogP contribution in [0, 0.1) is 16.7 Å². The van der Waals surface area contributed by atoms with Crippen LogP contribution in [0.1, 0.15) is 33.1 Å². The largest absolute Gasteiger partial charge is 0.325 e. The summed E-state index contributed by atoms with van der Waals surface area (Å²) in [6, 6.07) is 9.28. The Kier molecular flexibility index (Phi) is 5.53. The summed E-state index contributed by atoms with van der Waals surface area (Å²) in [4.78, 5) is 27.0. The van der Waals surface area contributed by atoms with E-state index in [-0.39, 0.29) is 29.4 Å². The van der Waals surface area contributed by atoms with Gasteiger partial charge in [0.2, 0.25) is 15.9 Å². The van der Waals surface area contributed by atoms with E-state index in [1.807, 2.05) is 35.2 Å². The Balaban J connectivity index is 1.33. The lowest BCUT2D eigenvalue weighted by atomic mass is 9.70. The van der Waals surface area contributed by atoms with Gasteiger partial charge in [-0.3, -0.25) is 14.5 Å². The smallest absolute Gasteiger partial charge is 0.238 e. The predicted molar refractivity (Wildman–Crippen MR) is 115 cm³/mol. The van der Waals surface area contributed by atoms with Crippen molar-refractivity contribution in [1.82, 2.24) is 9.21 Å². The highest BCUT2D eigenvalue weighted by molar-refractivity contribution is 7.89. The number of Topliss-reactive ketones (excluding diaryl/α,β-unsaturated/α-hetero) is 1. The van der Waals surface area contributed by atoms with Crippen molar-refractivity contribution in [2.75, 3.05) is 43.8 Å². The highest BCUT2D eigenvalue weighted by Crippen LogP contribution is 2.64. The number of hydrogen-bond acceptors (Lipinski definition) is 5. The van der Waals surface area contributed by atoms with Crippen LogP contribution in [-0.4, -0.2) is 67.8 Å². The highest BCUT2D eigenvalue weighted by atomic mass is 32.2. The van der Waals surface area contributed by atoms with E-state index < -0.39 is 15.4 Å². The van der Waals surface area contributed by atoms with Crippen LogP contribution < -0.4 is 5.32 Å². The van der Waals surface area contributed by atoms with Crippen molar-refractivity contribution in [1.29, 1.82) is 0 Å². The number of benzene rings is 1. The minimum absolute atomic E-state index is 0.0726. The standard InChI is InChI=1S/C22H31N3O4S/c1-21(2)17-8-9-22(21,19(26)14-17)16-30(28,29)25-12-10-24(11-13-25)15-20(27)23-18-6-4-3-5-7-18/h3-7,17H,8-16H2,1-2H3,(H,23,27). The maximum absolute atomic E-state index is 13.2.